The van der Waals surface area contributed by atoms with Crippen LogP contribution in [0.15, 0.2) is 42.7 Å². The number of hydrogen-bond acceptors (Lipinski definition) is 1. The quantitative estimate of drug-likeness (QED) is 0.444. The zero-order valence-electron chi connectivity index (χ0n) is 10.2. The summed E-state index contributed by atoms with van der Waals surface area (Å²) in [5.74, 6) is 0. The molecule has 1 heterocycles. The summed E-state index contributed by atoms with van der Waals surface area (Å²) < 4.78 is 76.9. The highest BCUT2D eigenvalue weighted by Gasteiger charge is 2.37. The summed E-state index contributed by atoms with van der Waals surface area (Å²) in [5, 5.41) is 10.9. The first-order chi connectivity index (χ1) is 9.59. The molecule has 1 aromatic heterocycles. The summed E-state index contributed by atoms with van der Waals surface area (Å²) in [4.78, 5) is 0. The van der Waals surface area contributed by atoms with Gasteiger partial charge in [0.25, 0.3) is 0 Å². The van der Waals surface area contributed by atoms with Crippen LogP contribution in [-0.4, -0.2) is 0 Å². The molecule has 2 nitrogen and oxygen atoms in total. The number of benzene rings is 1. The molecule has 0 atom stereocenters. The average molecular weight is 307 g/mol. The van der Waals surface area contributed by atoms with Crippen LogP contribution in [0, 0.1) is 5.21 Å². The molecule has 0 aliphatic rings. The van der Waals surface area contributed by atoms with Crippen LogP contribution in [0.4, 0.5) is 26.3 Å². The molecule has 0 saturated carbocycles. The van der Waals surface area contributed by atoms with Crippen molar-refractivity contribution in [3.8, 4) is 11.1 Å². The third-order valence-corrected chi connectivity index (χ3v) is 2.77. The van der Waals surface area contributed by atoms with Crippen molar-refractivity contribution in [2.75, 3.05) is 0 Å². The average Bonchev–Trinajstić information content (AvgIpc) is 2.37. The Balaban J connectivity index is 2.67. The topological polar surface area (TPSA) is 26.9 Å². The first kappa shape index (κ1) is 15.1. The molecule has 0 aliphatic heterocycles. The van der Waals surface area contributed by atoms with E-state index < -0.39 is 29.0 Å². The van der Waals surface area contributed by atoms with Gasteiger partial charge in [-0.3, -0.25) is 0 Å². The molecule has 112 valence electrons. The number of alkyl halides is 6. The van der Waals surface area contributed by atoms with Crippen molar-refractivity contribution in [2.24, 2.45) is 0 Å². The Morgan fingerprint density at radius 1 is 0.810 bits per heavy atom. The van der Waals surface area contributed by atoms with Gasteiger partial charge in [-0.05, 0) is 29.3 Å². The Morgan fingerprint density at radius 2 is 1.38 bits per heavy atom. The van der Waals surface area contributed by atoms with Crippen molar-refractivity contribution in [1.82, 2.24) is 0 Å². The third kappa shape index (κ3) is 3.26. The largest absolute Gasteiger partial charge is 0.619 e. The lowest BCUT2D eigenvalue weighted by Crippen LogP contribution is -2.23. The van der Waals surface area contributed by atoms with E-state index in [2.05, 4.69) is 0 Å². The van der Waals surface area contributed by atoms with Crippen LogP contribution in [0.2, 0.25) is 0 Å². The van der Waals surface area contributed by atoms with Crippen LogP contribution in [0.3, 0.4) is 0 Å². The van der Waals surface area contributed by atoms with Crippen molar-refractivity contribution in [3.05, 3.63) is 59.1 Å². The first-order valence-electron chi connectivity index (χ1n) is 5.56. The Bertz CT molecular complexity index is 645. The summed E-state index contributed by atoms with van der Waals surface area (Å²) in [5.41, 5.74) is -3.14. The van der Waals surface area contributed by atoms with Crippen molar-refractivity contribution in [2.45, 2.75) is 12.4 Å². The smallest absolute Gasteiger partial charge is 0.417 e. The molecule has 1 aromatic carbocycles. The number of rotatable bonds is 1. The highest BCUT2D eigenvalue weighted by molar-refractivity contribution is 5.68. The molecule has 2 rings (SSSR count). The summed E-state index contributed by atoms with van der Waals surface area (Å²) >= 11 is 0. The number of aromatic nitrogens is 1. The van der Waals surface area contributed by atoms with E-state index >= 15 is 0 Å². The third-order valence-electron chi connectivity index (χ3n) is 2.77. The number of pyridine rings is 1. The fourth-order valence-corrected chi connectivity index (χ4v) is 1.80. The SMILES string of the molecule is [O-][n+]1ccc(-c2cc(C(F)(F)F)ccc2C(F)(F)F)cc1. The van der Waals surface area contributed by atoms with Crippen LogP contribution < -0.4 is 4.73 Å². The Morgan fingerprint density at radius 3 is 1.86 bits per heavy atom. The van der Waals surface area contributed by atoms with Gasteiger partial charge < -0.3 is 5.21 Å². The molecule has 0 saturated heterocycles. The second kappa shape index (κ2) is 4.94. The van der Waals surface area contributed by atoms with Crippen molar-refractivity contribution in [3.63, 3.8) is 0 Å². The second-order valence-corrected chi connectivity index (χ2v) is 4.20. The predicted molar refractivity (Wildman–Crippen MR) is 60.8 cm³/mol. The minimum Gasteiger partial charge on any atom is -0.619 e. The van der Waals surface area contributed by atoms with Gasteiger partial charge in [0.15, 0.2) is 12.4 Å². The molecule has 8 heteroatoms. The molecule has 0 N–H and O–H groups in total. The fraction of sp³-hybridized carbons (Fsp3) is 0.154. The van der Waals surface area contributed by atoms with Gasteiger partial charge >= 0.3 is 12.4 Å². The molecule has 0 radical (unpaired) electrons. The lowest BCUT2D eigenvalue weighted by Gasteiger charge is -2.15. The van der Waals surface area contributed by atoms with Gasteiger partial charge in [-0.25, -0.2) is 0 Å². The van der Waals surface area contributed by atoms with Gasteiger partial charge in [0.05, 0.1) is 11.1 Å². The first-order valence-corrected chi connectivity index (χ1v) is 5.56. The fourth-order valence-electron chi connectivity index (χ4n) is 1.80. The molecule has 0 spiro atoms. The van der Waals surface area contributed by atoms with E-state index in [9.17, 15) is 31.5 Å². The van der Waals surface area contributed by atoms with Crippen molar-refractivity contribution in [1.29, 1.82) is 0 Å². The second-order valence-electron chi connectivity index (χ2n) is 4.20. The highest BCUT2D eigenvalue weighted by atomic mass is 19.4. The normalized spacial score (nSPS) is 12.5. The number of hydrogen-bond donors (Lipinski definition) is 0. The molecular formula is C13H7F6NO. The maximum Gasteiger partial charge on any atom is 0.417 e. The minimum absolute atomic E-state index is 0.125. The number of halogens is 6. The zero-order chi connectivity index (χ0) is 15.8. The van der Waals surface area contributed by atoms with Gasteiger partial charge in [-0.15, -0.1) is 0 Å². The molecule has 21 heavy (non-hydrogen) atoms. The molecule has 0 fully saturated rings. The molecule has 0 aliphatic carbocycles. The lowest BCUT2D eigenvalue weighted by molar-refractivity contribution is -0.605. The van der Waals surface area contributed by atoms with Crippen LogP contribution in [-0.2, 0) is 12.4 Å². The monoisotopic (exact) mass is 307 g/mol. The van der Waals surface area contributed by atoms with Crippen LogP contribution in [0.5, 0.6) is 0 Å². The van der Waals surface area contributed by atoms with Gasteiger partial charge in [0, 0.05) is 12.1 Å². The Kier molecular flexibility index (Phi) is 3.56. The van der Waals surface area contributed by atoms with Crippen LogP contribution in [0.1, 0.15) is 11.1 Å². The molecule has 2 aromatic rings. The summed E-state index contributed by atoms with van der Waals surface area (Å²) in [6, 6.07) is 3.24. The molecular weight excluding hydrogens is 300 g/mol. The van der Waals surface area contributed by atoms with Gasteiger partial charge in [-0.1, -0.05) is 0 Å². The maximum atomic E-state index is 12.9. The lowest BCUT2D eigenvalue weighted by atomic mass is 9.97. The number of nitrogens with zero attached hydrogens (tertiary/aromatic N) is 1. The van der Waals surface area contributed by atoms with Gasteiger partial charge in [-0.2, -0.15) is 31.1 Å². The van der Waals surface area contributed by atoms with E-state index in [-0.39, 0.29) is 5.56 Å². The predicted octanol–water partition coefficient (Wildman–Crippen LogP) is 4.02. The van der Waals surface area contributed by atoms with Crippen molar-refractivity contribution < 1.29 is 31.1 Å². The molecule has 0 unspecified atom stereocenters. The van der Waals surface area contributed by atoms with Crippen LogP contribution in [0.25, 0.3) is 11.1 Å². The van der Waals surface area contributed by atoms with E-state index in [1.807, 2.05) is 0 Å². The van der Waals surface area contributed by atoms with Gasteiger partial charge in [0.2, 0.25) is 0 Å². The van der Waals surface area contributed by atoms with Gasteiger partial charge in [0.1, 0.15) is 0 Å². The molecule has 0 amide bonds. The van der Waals surface area contributed by atoms with E-state index in [1.165, 1.54) is 0 Å². The standard InChI is InChI=1S/C13H7F6NO/c14-12(15,16)9-1-2-11(13(17,18)19)10(7-9)8-3-5-20(21)6-4-8/h1-7H. The summed E-state index contributed by atoms with van der Waals surface area (Å²) in [6.45, 7) is 0. The van der Waals surface area contributed by atoms with Crippen molar-refractivity contribution >= 4 is 0 Å². The Labute approximate surface area is 114 Å². The summed E-state index contributed by atoms with van der Waals surface area (Å²) in [7, 11) is 0. The maximum absolute atomic E-state index is 12.9. The van der Waals surface area contributed by atoms with E-state index in [4.69, 9.17) is 0 Å². The minimum atomic E-state index is -4.80. The van der Waals surface area contributed by atoms with E-state index in [0.29, 0.717) is 22.9 Å². The Hall–Kier alpha value is -2.25. The van der Waals surface area contributed by atoms with E-state index in [1.54, 1.807) is 0 Å². The summed E-state index contributed by atoms with van der Waals surface area (Å²) in [6.07, 6.45) is -7.74. The zero-order valence-corrected chi connectivity index (χ0v) is 10.2. The molecule has 0 bridgehead atoms. The van der Waals surface area contributed by atoms with Crippen LogP contribution >= 0.6 is 0 Å². The van der Waals surface area contributed by atoms with E-state index in [0.717, 1.165) is 24.5 Å². The highest BCUT2D eigenvalue weighted by Crippen LogP contribution is 2.40.